The molecule has 1 aromatic heterocycles. The Labute approximate surface area is 191 Å². The zero-order valence-electron chi connectivity index (χ0n) is 17.5. The van der Waals surface area contributed by atoms with Crippen LogP contribution in [-0.2, 0) is 0 Å². The van der Waals surface area contributed by atoms with Crippen molar-refractivity contribution >= 4 is 42.9 Å². The van der Waals surface area contributed by atoms with Gasteiger partial charge in [0.2, 0.25) is 0 Å². The average molecular weight is 428 g/mol. The number of thiophene rings is 1. The number of anilines is 2. The molecule has 5 aromatic carbocycles. The van der Waals surface area contributed by atoms with E-state index in [0.717, 1.165) is 11.4 Å². The van der Waals surface area contributed by atoms with Crippen LogP contribution in [0.4, 0.5) is 11.4 Å². The van der Waals surface area contributed by atoms with Gasteiger partial charge in [0.1, 0.15) is 0 Å². The molecule has 1 nitrogen and oxygen atoms in total. The van der Waals surface area contributed by atoms with Crippen molar-refractivity contribution in [3.63, 3.8) is 0 Å². The number of hydrogen-bond acceptors (Lipinski definition) is 2. The minimum atomic E-state index is 1.08. The number of benzene rings is 5. The van der Waals surface area contributed by atoms with E-state index in [1.54, 1.807) is 0 Å². The molecule has 0 bridgehead atoms. The van der Waals surface area contributed by atoms with Crippen LogP contribution in [0.25, 0.3) is 42.4 Å². The molecule has 0 aliphatic carbocycles. The summed E-state index contributed by atoms with van der Waals surface area (Å²) in [6.07, 6.45) is 0. The highest BCUT2D eigenvalue weighted by Gasteiger charge is 2.12. The third-order valence-electron chi connectivity index (χ3n) is 5.89. The van der Waals surface area contributed by atoms with Crippen molar-refractivity contribution in [2.75, 3.05) is 5.32 Å². The molecule has 1 N–H and O–H groups in total. The van der Waals surface area contributed by atoms with Crippen LogP contribution in [0.3, 0.4) is 0 Å². The van der Waals surface area contributed by atoms with E-state index in [9.17, 15) is 0 Å². The molecule has 0 fully saturated rings. The Morgan fingerprint density at radius 2 is 1.12 bits per heavy atom. The molecular formula is C30H21NS. The summed E-state index contributed by atoms with van der Waals surface area (Å²) in [4.78, 5) is 0. The second-order valence-electron chi connectivity index (χ2n) is 7.89. The molecule has 0 saturated heterocycles. The van der Waals surface area contributed by atoms with Gasteiger partial charge in [0.25, 0.3) is 0 Å². The third kappa shape index (κ3) is 3.35. The van der Waals surface area contributed by atoms with Gasteiger partial charge in [0.05, 0.1) is 0 Å². The summed E-state index contributed by atoms with van der Waals surface area (Å²) in [5, 5.41) is 6.31. The van der Waals surface area contributed by atoms with Crippen LogP contribution in [0.15, 0.2) is 121 Å². The Balaban J connectivity index is 1.40. The first-order chi connectivity index (χ1) is 15.9. The summed E-state index contributed by atoms with van der Waals surface area (Å²) in [7, 11) is 0. The van der Waals surface area contributed by atoms with Crippen LogP contribution in [0, 0.1) is 0 Å². The zero-order valence-corrected chi connectivity index (χ0v) is 18.3. The van der Waals surface area contributed by atoms with Crippen LogP contribution in [0.2, 0.25) is 0 Å². The van der Waals surface area contributed by atoms with E-state index in [1.165, 1.54) is 42.4 Å². The molecule has 0 radical (unpaired) electrons. The Morgan fingerprint density at radius 3 is 2.00 bits per heavy atom. The monoisotopic (exact) mass is 427 g/mol. The molecule has 0 amide bonds. The van der Waals surface area contributed by atoms with E-state index in [-0.39, 0.29) is 0 Å². The van der Waals surface area contributed by atoms with Gasteiger partial charge in [-0.1, -0.05) is 97.1 Å². The molecule has 0 aliphatic heterocycles. The Kier molecular flexibility index (Phi) is 4.71. The molecule has 0 aliphatic rings. The van der Waals surface area contributed by atoms with Gasteiger partial charge in [-0.3, -0.25) is 0 Å². The molecule has 0 unspecified atom stereocenters. The van der Waals surface area contributed by atoms with E-state index >= 15 is 0 Å². The largest absolute Gasteiger partial charge is 0.355 e. The van der Waals surface area contributed by atoms with Gasteiger partial charge in [-0.05, 0) is 35.4 Å². The fraction of sp³-hybridized carbons (Fsp3) is 0. The van der Waals surface area contributed by atoms with Crippen molar-refractivity contribution < 1.29 is 0 Å². The maximum absolute atomic E-state index is 3.65. The minimum Gasteiger partial charge on any atom is -0.355 e. The molecule has 6 rings (SSSR count). The summed E-state index contributed by atoms with van der Waals surface area (Å²) < 4.78 is 2.67. The molecule has 152 valence electrons. The molecule has 0 atom stereocenters. The summed E-state index contributed by atoms with van der Waals surface area (Å²) in [6, 6.07) is 43.0. The minimum absolute atomic E-state index is 1.08. The van der Waals surface area contributed by atoms with Crippen molar-refractivity contribution in [3.8, 4) is 22.3 Å². The average Bonchev–Trinajstić information content (AvgIpc) is 3.24. The van der Waals surface area contributed by atoms with E-state index < -0.39 is 0 Å². The predicted molar refractivity (Wildman–Crippen MR) is 140 cm³/mol. The predicted octanol–water partition coefficient (Wildman–Crippen LogP) is 9.13. The van der Waals surface area contributed by atoms with Crippen LogP contribution in [-0.4, -0.2) is 0 Å². The molecule has 6 aromatic rings. The number of nitrogens with one attached hydrogen (secondary N) is 1. The Hall–Kier alpha value is -3.88. The van der Waals surface area contributed by atoms with Crippen LogP contribution < -0.4 is 5.32 Å². The lowest BCUT2D eigenvalue weighted by Crippen LogP contribution is -1.93. The van der Waals surface area contributed by atoms with Gasteiger partial charge < -0.3 is 5.32 Å². The normalized spacial score (nSPS) is 11.1. The zero-order chi connectivity index (χ0) is 21.3. The van der Waals surface area contributed by atoms with Crippen molar-refractivity contribution in [1.82, 2.24) is 0 Å². The lowest BCUT2D eigenvalue weighted by Gasteiger charge is -2.14. The number of hydrogen-bond donors (Lipinski definition) is 1. The van der Waals surface area contributed by atoms with E-state index in [2.05, 4.69) is 121 Å². The number of para-hydroxylation sites is 1. The van der Waals surface area contributed by atoms with Crippen molar-refractivity contribution in [1.29, 1.82) is 0 Å². The first kappa shape index (κ1) is 18.9. The number of rotatable bonds is 4. The van der Waals surface area contributed by atoms with Crippen molar-refractivity contribution in [3.05, 3.63) is 121 Å². The van der Waals surface area contributed by atoms with Crippen LogP contribution in [0.1, 0.15) is 0 Å². The smallest absolute Gasteiger partial charge is 0.0464 e. The second-order valence-corrected chi connectivity index (χ2v) is 8.95. The molecule has 32 heavy (non-hydrogen) atoms. The first-order valence-corrected chi connectivity index (χ1v) is 11.6. The molecule has 0 saturated carbocycles. The van der Waals surface area contributed by atoms with Gasteiger partial charge in [-0.25, -0.2) is 0 Å². The maximum Gasteiger partial charge on any atom is 0.0464 e. The molecule has 0 spiro atoms. The highest BCUT2D eigenvalue weighted by Crippen LogP contribution is 2.42. The summed E-state index contributed by atoms with van der Waals surface area (Å²) in [5.74, 6) is 0. The highest BCUT2D eigenvalue weighted by atomic mass is 32.1. The topological polar surface area (TPSA) is 12.0 Å². The van der Waals surface area contributed by atoms with Gasteiger partial charge in [0, 0.05) is 42.7 Å². The standard InChI is InChI=1S/C30H21NS/c1-2-9-21(10-3-1)22-17-19-23(20-18-22)31-28-15-6-4-11-24(28)26-13-8-14-27-25-12-5-7-16-29(25)32-30(26)27/h1-20,31H. The molecule has 1 heterocycles. The number of fused-ring (bicyclic) bond motifs is 3. The highest BCUT2D eigenvalue weighted by molar-refractivity contribution is 7.26. The lowest BCUT2D eigenvalue weighted by atomic mass is 10.0. The van der Waals surface area contributed by atoms with E-state index in [1.807, 2.05) is 17.4 Å². The SMILES string of the molecule is c1ccc(-c2ccc(Nc3ccccc3-c3cccc4c3sc3ccccc34)cc2)cc1. The fourth-order valence-electron chi connectivity index (χ4n) is 4.32. The Morgan fingerprint density at radius 1 is 0.469 bits per heavy atom. The maximum atomic E-state index is 3.65. The fourth-order valence-corrected chi connectivity index (χ4v) is 5.55. The summed E-state index contributed by atoms with van der Waals surface area (Å²) >= 11 is 1.87. The lowest BCUT2D eigenvalue weighted by molar-refractivity contribution is 1.54. The summed E-state index contributed by atoms with van der Waals surface area (Å²) in [5.41, 5.74) is 7.14. The van der Waals surface area contributed by atoms with Gasteiger partial charge in [0.15, 0.2) is 0 Å². The summed E-state index contributed by atoms with van der Waals surface area (Å²) in [6.45, 7) is 0. The van der Waals surface area contributed by atoms with E-state index in [0.29, 0.717) is 0 Å². The molecular weight excluding hydrogens is 406 g/mol. The first-order valence-electron chi connectivity index (χ1n) is 10.8. The van der Waals surface area contributed by atoms with Crippen molar-refractivity contribution in [2.24, 2.45) is 0 Å². The van der Waals surface area contributed by atoms with Gasteiger partial charge >= 0.3 is 0 Å². The van der Waals surface area contributed by atoms with Gasteiger partial charge in [-0.2, -0.15) is 0 Å². The van der Waals surface area contributed by atoms with Gasteiger partial charge in [-0.15, -0.1) is 11.3 Å². The van der Waals surface area contributed by atoms with Crippen molar-refractivity contribution in [2.45, 2.75) is 0 Å². The second kappa shape index (κ2) is 7.99. The van der Waals surface area contributed by atoms with E-state index in [4.69, 9.17) is 0 Å². The van der Waals surface area contributed by atoms with Crippen LogP contribution in [0.5, 0.6) is 0 Å². The Bertz CT molecular complexity index is 1530. The third-order valence-corrected chi connectivity index (χ3v) is 7.11. The quantitative estimate of drug-likeness (QED) is 0.296. The van der Waals surface area contributed by atoms with Crippen LogP contribution >= 0.6 is 11.3 Å². The molecule has 2 heteroatoms.